The number of carbonyl (C=O) groups is 2. The van der Waals surface area contributed by atoms with Crippen molar-refractivity contribution in [3.05, 3.63) is 95.8 Å². The van der Waals surface area contributed by atoms with Gasteiger partial charge >= 0.3 is 5.97 Å². The van der Waals surface area contributed by atoms with Gasteiger partial charge in [-0.05, 0) is 73.0 Å². The number of piperidine rings is 1. The molecule has 0 spiro atoms. The Labute approximate surface area is 227 Å². The summed E-state index contributed by atoms with van der Waals surface area (Å²) >= 11 is 0. The summed E-state index contributed by atoms with van der Waals surface area (Å²) in [4.78, 5) is 26.6. The second-order valence-corrected chi connectivity index (χ2v) is 9.67. The average Bonchev–Trinajstić information content (AvgIpc) is 3.44. The first-order chi connectivity index (χ1) is 19.0. The summed E-state index contributed by atoms with van der Waals surface area (Å²) in [6.45, 7) is 2.55. The van der Waals surface area contributed by atoms with Gasteiger partial charge in [-0.1, -0.05) is 41.6 Å². The molecule has 4 aromatic rings. The number of rotatable bonds is 8. The van der Waals surface area contributed by atoms with Gasteiger partial charge < -0.3 is 19.7 Å². The number of hydrogen-bond acceptors (Lipinski definition) is 7. The summed E-state index contributed by atoms with van der Waals surface area (Å²) in [5.74, 6) is 0.161. The lowest BCUT2D eigenvalue weighted by Gasteiger charge is -2.29. The van der Waals surface area contributed by atoms with Crippen LogP contribution >= 0.6 is 0 Å². The minimum atomic E-state index is -0.389. The Kier molecular flexibility index (Phi) is 7.98. The van der Waals surface area contributed by atoms with Gasteiger partial charge in [-0.15, -0.1) is 5.10 Å². The van der Waals surface area contributed by atoms with E-state index in [1.807, 2.05) is 48.5 Å². The van der Waals surface area contributed by atoms with Gasteiger partial charge in [0.15, 0.2) is 5.69 Å². The van der Waals surface area contributed by atoms with Gasteiger partial charge in [-0.3, -0.25) is 4.79 Å². The second kappa shape index (κ2) is 11.9. The zero-order valence-corrected chi connectivity index (χ0v) is 22.0. The molecule has 1 saturated heterocycles. The SMILES string of the molecule is COC(=O)c1ccc(Cn2cc(C(=O)Nc3ccc(-c4ccc(OC5CCN(C)CC5)cc4)cc3)nn2)cc1. The Balaban J connectivity index is 1.15. The smallest absolute Gasteiger partial charge is 0.337 e. The van der Waals surface area contributed by atoms with Crippen LogP contribution in [0.4, 0.5) is 5.69 Å². The van der Waals surface area contributed by atoms with E-state index in [-0.39, 0.29) is 23.7 Å². The first-order valence-electron chi connectivity index (χ1n) is 12.9. The highest BCUT2D eigenvalue weighted by Gasteiger charge is 2.18. The highest BCUT2D eigenvalue weighted by atomic mass is 16.5. The number of nitrogens with one attached hydrogen (secondary N) is 1. The number of nitrogens with zero attached hydrogens (tertiary/aromatic N) is 4. The van der Waals surface area contributed by atoms with Gasteiger partial charge in [-0.2, -0.15) is 0 Å². The number of aromatic nitrogens is 3. The molecule has 0 saturated carbocycles. The molecular formula is C30H31N5O4. The molecule has 3 aromatic carbocycles. The zero-order chi connectivity index (χ0) is 27.2. The fourth-order valence-electron chi connectivity index (χ4n) is 4.49. The predicted octanol–water partition coefficient (Wildman–Crippen LogP) is 4.51. The van der Waals surface area contributed by atoms with E-state index in [0.717, 1.165) is 48.4 Å². The topological polar surface area (TPSA) is 98.6 Å². The summed E-state index contributed by atoms with van der Waals surface area (Å²) < 4.78 is 12.4. The van der Waals surface area contributed by atoms with Gasteiger partial charge in [0.25, 0.3) is 5.91 Å². The number of amides is 1. The number of anilines is 1. The van der Waals surface area contributed by atoms with Crippen LogP contribution in [0.3, 0.4) is 0 Å². The normalized spacial score (nSPS) is 14.1. The van der Waals surface area contributed by atoms with Crippen LogP contribution in [0.5, 0.6) is 5.75 Å². The van der Waals surface area contributed by atoms with Crippen LogP contribution in [0.1, 0.15) is 39.3 Å². The van der Waals surface area contributed by atoms with Gasteiger partial charge in [0.05, 0.1) is 25.4 Å². The molecule has 2 heterocycles. The lowest BCUT2D eigenvalue weighted by molar-refractivity contribution is 0.0600. The summed E-state index contributed by atoms with van der Waals surface area (Å²) in [5.41, 5.74) is 4.38. The molecule has 0 radical (unpaired) electrons. The second-order valence-electron chi connectivity index (χ2n) is 9.67. The van der Waals surface area contributed by atoms with Crippen LogP contribution in [0, 0.1) is 0 Å². The van der Waals surface area contributed by atoms with Crippen molar-refractivity contribution in [2.75, 3.05) is 32.6 Å². The van der Waals surface area contributed by atoms with Crippen LogP contribution < -0.4 is 10.1 Å². The zero-order valence-electron chi connectivity index (χ0n) is 22.0. The molecule has 0 unspecified atom stereocenters. The van der Waals surface area contributed by atoms with E-state index in [1.165, 1.54) is 7.11 Å². The molecule has 1 N–H and O–H groups in total. The Morgan fingerprint density at radius 3 is 2.21 bits per heavy atom. The fourth-order valence-corrected chi connectivity index (χ4v) is 4.49. The minimum Gasteiger partial charge on any atom is -0.490 e. The third-order valence-electron chi connectivity index (χ3n) is 6.79. The van der Waals surface area contributed by atoms with Gasteiger partial charge in [0.2, 0.25) is 0 Å². The quantitative estimate of drug-likeness (QED) is 0.338. The lowest BCUT2D eigenvalue weighted by atomic mass is 10.0. The summed E-state index contributed by atoms with van der Waals surface area (Å²) in [6, 6.07) is 22.8. The molecule has 5 rings (SSSR count). The van der Waals surface area contributed by atoms with Gasteiger partial charge in [-0.25, -0.2) is 9.48 Å². The maximum Gasteiger partial charge on any atom is 0.337 e. The monoisotopic (exact) mass is 525 g/mol. The van der Waals surface area contributed by atoms with Crippen LogP contribution in [0.25, 0.3) is 11.1 Å². The van der Waals surface area contributed by atoms with Crippen LogP contribution in [0.2, 0.25) is 0 Å². The van der Waals surface area contributed by atoms with Crippen molar-refractivity contribution in [1.29, 1.82) is 0 Å². The van der Waals surface area contributed by atoms with Crippen molar-refractivity contribution in [2.45, 2.75) is 25.5 Å². The highest BCUT2D eigenvalue weighted by Crippen LogP contribution is 2.26. The molecule has 1 fully saturated rings. The number of hydrogen-bond donors (Lipinski definition) is 1. The van der Waals surface area contributed by atoms with Crippen molar-refractivity contribution >= 4 is 17.6 Å². The molecule has 200 valence electrons. The van der Waals surface area contributed by atoms with Gasteiger partial charge in [0, 0.05) is 18.8 Å². The van der Waals surface area contributed by atoms with Crippen molar-refractivity contribution in [1.82, 2.24) is 19.9 Å². The molecule has 1 aliphatic heterocycles. The van der Waals surface area contributed by atoms with Crippen molar-refractivity contribution in [3.63, 3.8) is 0 Å². The summed E-state index contributed by atoms with van der Waals surface area (Å²) in [6.07, 6.45) is 3.96. The Bertz CT molecular complexity index is 1410. The Hall–Kier alpha value is -4.50. The first-order valence-corrected chi connectivity index (χ1v) is 12.9. The number of methoxy groups -OCH3 is 1. The fraction of sp³-hybridized carbons (Fsp3) is 0.267. The number of carbonyl (C=O) groups excluding carboxylic acids is 2. The summed E-state index contributed by atoms with van der Waals surface area (Å²) in [5, 5.41) is 10.9. The third-order valence-corrected chi connectivity index (χ3v) is 6.79. The molecule has 0 atom stereocenters. The molecule has 9 heteroatoms. The predicted molar refractivity (Wildman–Crippen MR) is 148 cm³/mol. The number of ether oxygens (including phenoxy) is 2. The van der Waals surface area contributed by atoms with E-state index in [9.17, 15) is 9.59 Å². The molecule has 0 bridgehead atoms. The van der Waals surface area contributed by atoms with E-state index in [1.54, 1.807) is 23.0 Å². The average molecular weight is 526 g/mol. The van der Waals surface area contributed by atoms with Crippen molar-refractivity contribution in [2.24, 2.45) is 0 Å². The highest BCUT2D eigenvalue weighted by molar-refractivity contribution is 6.02. The van der Waals surface area contributed by atoms with Crippen LogP contribution in [0.15, 0.2) is 79.0 Å². The summed E-state index contributed by atoms with van der Waals surface area (Å²) in [7, 11) is 3.49. The molecule has 1 aliphatic rings. The van der Waals surface area contributed by atoms with E-state index >= 15 is 0 Å². The Morgan fingerprint density at radius 1 is 0.923 bits per heavy atom. The lowest BCUT2D eigenvalue weighted by Crippen LogP contribution is -2.35. The number of benzene rings is 3. The van der Waals surface area contributed by atoms with Gasteiger partial charge in [0.1, 0.15) is 11.9 Å². The maximum absolute atomic E-state index is 12.7. The van der Waals surface area contributed by atoms with Crippen molar-refractivity contribution in [3.8, 4) is 16.9 Å². The maximum atomic E-state index is 12.7. The standard InChI is InChI=1S/C30H31N5O4/c1-34-17-15-27(16-18-34)39-26-13-9-23(10-14-26)22-7-11-25(12-8-22)31-29(36)28-20-35(33-32-28)19-21-3-5-24(6-4-21)30(37)38-2/h3-14,20,27H,15-19H2,1-2H3,(H,31,36). The number of esters is 1. The van der Waals surface area contributed by atoms with Crippen LogP contribution in [-0.4, -0.2) is 65.1 Å². The van der Waals surface area contributed by atoms with E-state index in [4.69, 9.17) is 9.47 Å². The van der Waals surface area contributed by atoms with E-state index in [0.29, 0.717) is 17.8 Å². The van der Waals surface area contributed by atoms with Crippen LogP contribution in [-0.2, 0) is 11.3 Å². The first kappa shape index (κ1) is 26.1. The third kappa shape index (κ3) is 6.69. The molecule has 0 aliphatic carbocycles. The largest absolute Gasteiger partial charge is 0.490 e. The van der Waals surface area contributed by atoms with E-state index in [2.05, 4.69) is 39.7 Å². The number of likely N-dealkylation sites (tertiary alicyclic amines) is 1. The van der Waals surface area contributed by atoms with E-state index < -0.39 is 0 Å². The molecular weight excluding hydrogens is 494 g/mol. The molecule has 1 amide bonds. The molecule has 39 heavy (non-hydrogen) atoms. The molecule has 1 aromatic heterocycles. The molecule has 9 nitrogen and oxygen atoms in total. The Morgan fingerprint density at radius 2 is 1.56 bits per heavy atom. The van der Waals surface area contributed by atoms with Crippen molar-refractivity contribution < 1.29 is 19.1 Å². The minimum absolute atomic E-state index is 0.213.